The molecule has 0 fully saturated rings. The molecule has 2 amide bonds. The van der Waals surface area contributed by atoms with Gasteiger partial charge in [-0.1, -0.05) is 25.8 Å². The Morgan fingerprint density at radius 1 is 1.32 bits per heavy atom. The number of anilines is 1. The first-order chi connectivity index (χ1) is 12.0. The molecule has 0 spiro atoms. The Bertz CT molecular complexity index is 733. The fraction of sp³-hybridized carbons (Fsp3) is 0.389. The standard InChI is InChI=1S/C18H22FN3O2S/c1-3-4-5-9-22(17(24)14-7-6-8-15(19)10-14)12-16(23)21-18-20-11-13(2)25-18/h6-8,10-11H,3-5,9,12H2,1-2H3,(H,20,21,23). The van der Waals surface area contributed by atoms with Gasteiger partial charge >= 0.3 is 0 Å². The molecule has 0 atom stereocenters. The molecule has 2 aromatic rings. The van der Waals surface area contributed by atoms with Gasteiger partial charge in [-0.3, -0.25) is 9.59 Å². The van der Waals surface area contributed by atoms with E-state index in [1.165, 1.54) is 34.4 Å². The molecule has 1 heterocycles. The molecule has 0 saturated carbocycles. The maximum atomic E-state index is 13.4. The minimum Gasteiger partial charge on any atom is -0.329 e. The number of thiazole rings is 1. The molecule has 134 valence electrons. The van der Waals surface area contributed by atoms with Crippen molar-refractivity contribution >= 4 is 28.3 Å². The number of aryl methyl sites for hydroxylation is 1. The minimum absolute atomic E-state index is 0.0856. The van der Waals surface area contributed by atoms with Crippen molar-refractivity contribution in [3.05, 3.63) is 46.7 Å². The van der Waals surface area contributed by atoms with Gasteiger partial charge in [0.25, 0.3) is 5.91 Å². The first-order valence-electron chi connectivity index (χ1n) is 8.26. The third-order valence-electron chi connectivity index (χ3n) is 3.59. The maximum Gasteiger partial charge on any atom is 0.254 e. The van der Waals surface area contributed by atoms with Crippen molar-refractivity contribution in [2.75, 3.05) is 18.4 Å². The second kappa shape index (κ2) is 9.27. The van der Waals surface area contributed by atoms with Crippen molar-refractivity contribution < 1.29 is 14.0 Å². The second-order valence-corrected chi connectivity index (χ2v) is 7.00. The highest BCUT2D eigenvalue weighted by molar-refractivity contribution is 7.15. The van der Waals surface area contributed by atoms with Gasteiger partial charge in [0, 0.05) is 23.2 Å². The highest BCUT2D eigenvalue weighted by Gasteiger charge is 2.19. The highest BCUT2D eigenvalue weighted by Crippen LogP contribution is 2.16. The van der Waals surface area contributed by atoms with Crippen LogP contribution in [0.15, 0.2) is 30.5 Å². The van der Waals surface area contributed by atoms with E-state index in [0.717, 1.165) is 24.1 Å². The van der Waals surface area contributed by atoms with Gasteiger partial charge < -0.3 is 10.2 Å². The number of carbonyl (C=O) groups is 2. The van der Waals surface area contributed by atoms with Crippen molar-refractivity contribution in [1.29, 1.82) is 0 Å². The van der Waals surface area contributed by atoms with Crippen molar-refractivity contribution in [2.45, 2.75) is 33.1 Å². The molecule has 0 aliphatic rings. The molecular weight excluding hydrogens is 341 g/mol. The first-order valence-corrected chi connectivity index (χ1v) is 9.08. The monoisotopic (exact) mass is 363 g/mol. The highest BCUT2D eigenvalue weighted by atomic mass is 32.1. The minimum atomic E-state index is -0.470. The molecule has 1 aromatic heterocycles. The van der Waals surface area contributed by atoms with E-state index in [-0.39, 0.29) is 23.9 Å². The average molecular weight is 363 g/mol. The van der Waals surface area contributed by atoms with Gasteiger partial charge in [-0.25, -0.2) is 9.37 Å². The van der Waals surface area contributed by atoms with Gasteiger partial charge in [-0.05, 0) is 31.5 Å². The van der Waals surface area contributed by atoms with Gasteiger partial charge in [-0.2, -0.15) is 0 Å². The number of nitrogens with one attached hydrogen (secondary N) is 1. The summed E-state index contributed by atoms with van der Waals surface area (Å²) < 4.78 is 13.4. The fourth-order valence-corrected chi connectivity index (χ4v) is 3.03. The van der Waals surface area contributed by atoms with Crippen LogP contribution in [0.3, 0.4) is 0 Å². The Morgan fingerprint density at radius 3 is 2.76 bits per heavy atom. The van der Waals surface area contributed by atoms with Gasteiger partial charge in [0.05, 0.1) is 0 Å². The lowest BCUT2D eigenvalue weighted by atomic mass is 10.1. The largest absolute Gasteiger partial charge is 0.329 e. The molecule has 5 nitrogen and oxygen atoms in total. The Kier molecular flexibility index (Phi) is 7.06. The van der Waals surface area contributed by atoms with Crippen molar-refractivity contribution in [1.82, 2.24) is 9.88 Å². The smallest absolute Gasteiger partial charge is 0.254 e. The number of unbranched alkanes of at least 4 members (excludes halogenated alkanes) is 2. The normalized spacial score (nSPS) is 10.5. The number of hydrogen-bond acceptors (Lipinski definition) is 4. The van der Waals surface area contributed by atoms with E-state index in [1.807, 2.05) is 6.92 Å². The summed E-state index contributed by atoms with van der Waals surface area (Å²) >= 11 is 1.38. The van der Waals surface area contributed by atoms with Crippen molar-refractivity contribution in [3.63, 3.8) is 0 Å². The summed E-state index contributed by atoms with van der Waals surface area (Å²) in [5, 5.41) is 3.21. The summed E-state index contributed by atoms with van der Waals surface area (Å²) in [5.41, 5.74) is 0.245. The number of halogens is 1. The summed E-state index contributed by atoms with van der Waals surface area (Å²) in [6, 6.07) is 5.53. The molecule has 25 heavy (non-hydrogen) atoms. The molecule has 0 bridgehead atoms. The molecule has 0 aliphatic carbocycles. The van der Waals surface area contributed by atoms with Crippen molar-refractivity contribution in [2.24, 2.45) is 0 Å². The molecule has 0 unspecified atom stereocenters. The van der Waals surface area contributed by atoms with Crippen LogP contribution in [-0.4, -0.2) is 34.8 Å². The lowest BCUT2D eigenvalue weighted by Gasteiger charge is -2.22. The summed E-state index contributed by atoms with van der Waals surface area (Å²) in [5.74, 6) is -1.13. The molecule has 1 N–H and O–H groups in total. The van der Waals surface area contributed by atoms with E-state index in [1.54, 1.807) is 12.3 Å². The van der Waals surface area contributed by atoms with E-state index in [0.29, 0.717) is 11.7 Å². The zero-order valence-electron chi connectivity index (χ0n) is 14.4. The van der Waals surface area contributed by atoms with Gasteiger partial charge in [0.15, 0.2) is 5.13 Å². The fourth-order valence-electron chi connectivity index (χ4n) is 2.35. The van der Waals surface area contributed by atoms with Crippen LogP contribution in [0.2, 0.25) is 0 Å². The molecule has 0 radical (unpaired) electrons. The predicted octanol–water partition coefficient (Wildman–Crippen LogP) is 3.86. The van der Waals surface area contributed by atoms with Gasteiger partial charge in [0.2, 0.25) is 5.91 Å². The average Bonchev–Trinajstić information content (AvgIpc) is 2.98. The van der Waals surface area contributed by atoms with E-state index in [4.69, 9.17) is 0 Å². The number of aromatic nitrogens is 1. The second-order valence-electron chi connectivity index (χ2n) is 5.77. The lowest BCUT2D eigenvalue weighted by Crippen LogP contribution is -2.38. The van der Waals surface area contributed by atoms with Crippen LogP contribution in [0.25, 0.3) is 0 Å². The summed E-state index contributed by atoms with van der Waals surface area (Å²) in [4.78, 5) is 31.4. The number of amides is 2. The Labute approximate surface area is 150 Å². The zero-order valence-corrected chi connectivity index (χ0v) is 15.2. The van der Waals surface area contributed by atoms with Crippen LogP contribution in [0.5, 0.6) is 0 Å². The van der Waals surface area contributed by atoms with Crippen LogP contribution in [0, 0.1) is 12.7 Å². The van der Waals surface area contributed by atoms with Gasteiger partial charge in [-0.15, -0.1) is 11.3 Å². The van der Waals surface area contributed by atoms with Crippen LogP contribution in [0.4, 0.5) is 9.52 Å². The lowest BCUT2D eigenvalue weighted by molar-refractivity contribution is -0.116. The quantitative estimate of drug-likeness (QED) is 0.725. The Hall–Kier alpha value is -2.28. The third kappa shape index (κ3) is 5.94. The summed E-state index contributed by atoms with van der Waals surface area (Å²) in [6.45, 7) is 4.33. The number of hydrogen-bond donors (Lipinski definition) is 1. The number of carbonyl (C=O) groups excluding carboxylic acids is 2. The summed E-state index contributed by atoms with van der Waals surface area (Å²) in [6.07, 6.45) is 4.44. The zero-order chi connectivity index (χ0) is 18.2. The predicted molar refractivity (Wildman–Crippen MR) is 97.3 cm³/mol. The molecule has 7 heteroatoms. The Morgan fingerprint density at radius 2 is 2.12 bits per heavy atom. The van der Waals surface area contributed by atoms with Crippen LogP contribution in [0.1, 0.15) is 41.4 Å². The number of nitrogens with zero attached hydrogens (tertiary/aromatic N) is 2. The van der Waals surface area contributed by atoms with E-state index >= 15 is 0 Å². The van der Waals surface area contributed by atoms with E-state index in [2.05, 4.69) is 17.2 Å². The third-order valence-corrected chi connectivity index (χ3v) is 4.42. The molecular formula is C18H22FN3O2S. The van der Waals surface area contributed by atoms with E-state index in [9.17, 15) is 14.0 Å². The van der Waals surface area contributed by atoms with Crippen LogP contribution >= 0.6 is 11.3 Å². The number of benzene rings is 1. The van der Waals surface area contributed by atoms with Crippen LogP contribution < -0.4 is 5.32 Å². The first kappa shape index (κ1) is 19.1. The maximum absolute atomic E-state index is 13.4. The van der Waals surface area contributed by atoms with Crippen LogP contribution in [-0.2, 0) is 4.79 Å². The van der Waals surface area contributed by atoms with Crippen molar-refractivity contribution in [3.8, 4) is 0 Å². The summed E-state index contributed by atoms with van der Waals surface area (Å²) in [7, 11) is 0. The SMILES string of the molecule is CCCCCN(CC(=O)Nc1ncc(C)s1)C(=O)c1cccc(F)c1. The van der Waals surface area contributed by atoms with Gasteiger partial charge in [0.1, 0.15) is 12.4 Å². The Balaban J connectivity index is 2.06. The molecule has 0 aliphatic heterocycles. The molecule has 2 rings (SSSR count). The topological polar surface area (TPSA) is 62.3 Å². The number of rotatable bonds is 8. The van der Waals surface area contributed by atoms with E-state index < -0.39 is 5.82 Å². The molecule has 0 saturated heterocycles. The molecule has 1 aromatic carbocycles.